The van der Waals surface area contributed by atoms with Crippen LogP contribution < -0.4 is 5.73 Å². The van der Waals surface area contributed by atoms with Gasteiger partial charge < -0.3 is 15.0 Å². The maximum atomic E-state index is 6.05. The molecule has 1 unspecified atom stereocenters. The quantitative estimate of drug-likeness (QED) is 0.835. The lowest BCUT2D eigenvalue weighted by molar-refractivity contribution is -0.0258. The van der Waals surface area contributed by atoms with Crippen LogP contribution in [-0.2, 0) is 11.2 Å². The predicted octanol–water partition coefficient (Wildman–Crippen LogP) is 1.84. The number of ether oxygens (including phenoxy) is 1. The molecular formula is C13H21N3O2. The zero-order valence-electron chi connectivity index (χ0n) is 10.8. The first-order valence-corrected chi connectivity index (χ1v) is 6.96. The van der Waals surface area contributed by atoms with E-state index >= 15 is 0 Å². The van der Waals surface area contributed by atoms with Crippen LogP contribution in [0.4, 0.5) is 0 Å². The van der Waals surface area contributed by atoms with Gasteiger partial charge in [-0.3, -0.25) is 0 Å². The van der Waals surface area contributed by atoms with E-state index in [0.717, 1.165) is 31.8 Å². The van der Waals surface area contributed by atoms with Crippen LogP contribution >= 0.6 is 0 Å². The Hall–Kier alpha value is -0.940. The average Bonchev–Trinajstić information content (AvgIpc) is 3.06. The van der Waals surface area contributed by atoms with Crippen molar-refractivity contribution in [1.82, 2.24) is 10.1 Å². The van der Waals surface area contributed by atoms with Gasteiger partial charge in [-0.2, -0.15) is 4.98 Å². The molecule has 100 valence electrons. The van der Waals surface area contributed by atoms with E-state index in [0.29, 0.717) is 23.8 Å². The van der Waals surface area contributed by atoms with Gasteiger partial charge in [-0.25, -0.2) is 0 Å². The molecule has 2 aliphatic rings. The van der Waals surface area contributed by atoms with E-state index in [4.69, 9.17) is 15.0 Å². The van der Waals surface area contributed by atoms with Crippen LogP contribution in [-0.4, -0.2) is 22.9 Å². The summed E-state index contributed by atoms with van der Waals surface area (Å²) < 4.78 is 10.8. The lowest BCUT2D eigenvalue weighted by atomic mass is 9.80. The van der Waals surface area contributed by atoms with Gasteiger partial charge in [-0.05, 0) is 44.4 Å². The first kappa shape index (κ1) is 12.1. The SMILES string of the molecule is CCOC1CC(Cc2nc(C(N)C3CC3)no2)C1. The van der Waals surface area contributed by atoms with E-state index < -0.39 is 0 Å². The molecule has 2 N–H and O–H groups in total. The molecule has 2 fully saturated rings. The Labute approximate surface area is 107 Å². The fourth-order valence-electron chi connectivity index (χ4n) is 2.61. The second kappa shape index (κ2) is 4.97. The molecule has 18 heavy (non-hydrogen) atoms. The van der Waals surface area contributed by atoms with Crippen molar-refractivity contribution in [2.24, 2.45) is 17.6 Å². The van der Waals surface area contributed by atoms with Crippen molar-refractivity contribution >= 4 is 0 Å². The van der Waals surface area contributed by atoms with E-state index in [1.165, 1.54) is 12.8 Å². The van der Waals surface area contributed by atoms with Gasteiger partial charge in [-0.1, -0.05) is 5.16 Å². The summed E-state index contributed by atoms with van der Waals surface area (Å²) in [6, 6.07) is -0.0277. The van der Waals surface area contributed by atoms with E-state index in [1.807, 2.05) is 6.92 Å². The highest BCUT2D eigenvalue weighted by Crippen LogP contribution is 2.38. The number of nitrogens with zero attached hydrogens (tertiary/aromatic N) is 2. The Morgan fingerprint density at radius 2 is 2.22 bits per heavy atom. The minimum Gasteiger partial charge on any atom is -0.378 e. The standard InChI is InChI=1S/C13H21N3O2/c1-2-17-10-5-8(6-10)7-11-15-13(16-18-11)12(14)9-3-4-9/h8-10,12H,2-7,14H2,1H3. The highest BCUT2D eigenvalue weighted by molar-refractivity contribution is 5.00. The maximum Gasteiger partial charge on any atom is 0.226 e. The van der Waals surface area contributed by atoms with Gasteiger partial charge in [-0.15, -0.1) is 0 Å². The number of aromatic nitrogens is 2. The Morgan fingerprint density at radius 3 is 2.89 bits per heavy atom. The van der Waals surface area contributed by atoms with Gasteiger partial charge in [0, 0.05) is 13.0 Å². The molecule has 1 aromatic rings. The summed E-state index contributed by atoms with van der Waals surface area (Å²) in [6.07, 6.45) is 5.93. The molecule has 1 heterocycles. The molecular weight excluding hydrogens is 230 g/mol. The van der Waals surface area contributed by atoms with Gasteiger partial charge in [0.1, 0.15) is 0 Å². The monoisotopic (exact) mass is 251 g/mol. The number of hydrogen-bond acceptors (Lipinski definition) is 5. The van der Waals surface area contributed by atoms with Gasteiger partial charge in [0.05, 0.1) is 12.1 Å². The number of hydrogen-bond donors (Lipinski definition) is 1. The van der Waals surface area contributed by atoms with Crippen LogP contribution in [0.1, 0.15) is 50.4 Å². The van der Waals surface area contributed by atoms with E-state index in [9.17, 15) is 0 Å². The van der Waals surface area contributed by atoms with E-state index in [-0.39, 0.29) is 6.04 Å². The van der Waals surface area contributed by atoms with E-state index in [2.05, 4.69) is 10.1 Å². The number of nitrogens with two attached hydrogens (primary N) is 1. The summed E-state index contributed by atoms with van der Waals surface area (Å²) in [6.45, 7) is 2.84. The van der Waals surface area contributed by atoms with Crippen LogP contribution in [0.2, 0.25) is 0 Å². The molecule has 0 bridgehead atoms. The van der Waals surface area contributed by atoms with Gasteiger partial charge in [0.25, 0.3) is 0 Å². The van der Waals surface area contributed by atoms with Crippen LogP contribution in [0.5, 0.6) is 0 Å². The fourth-order valence-corrected chi connectivity index (χ4v) is 2.61. The van der Waals surface area contributed by atoms with Crippen LogP contribution in [0.25, 0.3) is 0 Å². The molecule has 0 radical (unpaired) electrons. The summed E-state index contributed by atoms with van der Waals surface area (Å²) in [5, 5.41) is 4.00. The molecule has 0 spiro atoms. The molecule has 0 amide bonds. The molecule has 0 saturated heterocycles. The van der Waals surface area contributed by atoms with Crippen molar-refractivity contribution in [1.29, 1.82) is 0 Å². The van der Waals surface area contributed by atoms with Gasteiger partial charge >= 0.3 is 0 Å². The van der Waals surface area contributed by atoms with Crippen molar-refractivity contribution in [3.05, 3.63) is 11.7 Å². The van der Waals surface area contributed by atoms with E-state index in [1.54, 1.807) is 0 Å². The first-order chi connectivity index (χ1) is 8.76. The molecule has 3 rings (SSSR count). The molecule has 1 aromatic heterocycles. The fraction of sp³-hybridized carbons (Fsp3) is 0.846. The van der Waals surface area contributed by atoms with Crippen molar-refractivity contribution in [3.8, 4) is 0 Å². The maximum absolute atomic E-state index is 6.05. The zero-order chi connectivity index (χ0) is 12.5. The third kappa shape index (κ3) is 2.57. The second-order valence-electron chi connectivity index (χ2n) is 5.53. The van der Waals surface area contributed by atoms with Crippen LogP contribution in [0.15, 0.2) is 4.52 Å². The molecule has 2 saturated carbocycles. The zero-order valence-corrected chi connectivity index (χ0v) is 10.8. The Balaban J connectivity index is 1.49. The van der Waals surface area contributed by atoms with Crippen molar-refractivity contribution < 1.29 is 9.26 Å². The van der Waals surface area contributed by atoms with Crippen molar-refractivity contribution in [2.45, 2.75) is 51.2 Å². The molecule has 0 aliphatic heterocycles. The average molecular weight is 251 g/mol. The second-order valence-corrected chi connectivity index (χ2v) is 5.53. The molecule has 1 atom stereocenters. The van der Waals surface area contributed by atoms with Gasteiger partial charge in [0.15, 0.2) is 5.82 Å². The summed E-state index contributed by atoms with van der Waals surface area (Å²) in [4.78, 5) is 4.42. The lowest BCUT2D eigenvalue weighted by Crippen LogP contribution is -2.32. The highest BCUT2D eigenvalue weighted by Gasteiger charge is 2.34. The summed E-state index contributed by atoms with van der Waals surface area (Å²) in [7, 11) is 0. The van der Waals surface area contributed by atoms with Crippen molar-refractivity contribution in [3.63, 3.8) is 0 Å². The molecule has 2 aliphatic carbocycles. The molecule has 0 aromatic carbocycles. The first-order valence-electron chi connectivity index (χ1n) is 6.96. The van der Waals surface area contributed by atoms with Crippen molar-refractivity contribution in [2.75, 3.05) is 6.61 Å². The Bertz CT molecular complexity index is 397. The number of rotatable bonds is 6. The topological polar surface area (TPSA) is 74.2 Å². The van der Waals surface area contributed by atoms with Gasteiger partial charge in [0.2, 0.25) is 5.89 Å². The molecule has 5 heteroatoms. The van der Waals surface area contributed by atoms with Crippen LogP contribution in [0, 0.1) is 11.8 Å². The smallest absolute Gasteiger partial charge is 0.226 e. The summed E-state index contributed by atoms with van der Waals surface area (Å²) in [5.41, 5.74) is 6.05. The van der Waals surface area contributed by atoms with Crippen LogP contribution in [0.3, 0.4) is 0 Å². The summed E-state index contributed by atoms with van der Waals surface area (Å²) >= 11 is 0. The summed E-state index contributed by atoms with van der Waals surface area (Å²) in [5.74, 6) is 2.63. The third-order valence-electron chi connectivity index (χ3n) is 3.97. The lowest BCUT2D eigenvalue weighted by Gasteiger charge is -2.33. The third-order valence-corrected chi connectivity index (χ3v) is 3.97. The highest BCUT2D eigenvalue weighted by atomic mass is 16.5. The largest absolute Gasteiger partial charge is 0.378 e. The predicted molar refractivity (Wildman–Crippen MR) is 65.8 cm³/mol. The normalized spacial score (nSPS) is 29.0. The Kier molecular flexibility index (Phi) is 3.35. The minimum atomic E-state index is -0.0277. The molecule has 5 nitrogen and oxygen atoms in total. The Morgan fingerprint density at radius 1 is 1.44 bits per heavy atom. The minimum absolute atomic E-state index is 0.0277.